The van der Waals surface area contributed by atoms with Crippen molar-refractivity contribution in [1.29, 1.82) is 0 Å². The maximum absolute atomic E-state index is 13.0. The van der Waals surface area contributed by atoms with E-state index in [1.165, 1.54) is 6.20 Å². The number of rotatable bonds is 3. The molecule has 2 nitrogen and oxygen atoms in total. The molecule has 0 spiro atoms. The van der Waals surface area contributed by atoms with Crippen molar-refractivity contribution < 1.29 is 13.2 Å². The van der Waals surface area contributed by atoms with Crippen LogP contribution in [0.25, 0.3) is 5.69 Å². The third kappa shape index (κ3) is 4.74. The van der Waals surface area contributed by atoms with Crippen LogP contribution in [-0.4, -0.2) is 16.0 Å². The van der Waals surface area contributed by atoms with Gasteiger partial charge in [0.05, 0.1) is 24.2 Å². The molecule has 0 amide bonds. The van der Waals surface area contributed by atoms with E-state index in [0.717, 1.165) is 5.69 Å². The van der Waals surface area contributed by atoms with Gasteiger partial charge in [-0.15, -0.1) is 0 Å². The van der Waals surface area contributed by atoms with Gasteiger partial charge in [0.15, 0.2) is 0 Å². The zero-order valence-corrected chi connectivity index (χ0v) is 13.2. The summed E-state index contributed by atoms with van der Waals surface area (Å²) in [5.41, 5.74) is 1.92. The van der Waals surface area contributed by atoms with Crippen molar-refractivity contribution in [3.63, 3.8) is 0 Å². The quantitative estimate of drug-likeness (QED) is 0.616. The molecule has 5 heteroatoms. The van der Waals surface area contributed by atoms with Gasteiger partial charge in [-0.1, -0.05) is 48.2 Å². The molecule has 0 aliphatic carbocycles. The number of hydrogen-bond donors (Lipinski definition) is 0. The Morgan fingerprint density at radius 3 is 2.24 bits per heavy atom. The van der Waals surface area contributed by atoms with E-state index in [4.69, 9.17) is 0 Å². The minimum atomic E-state index is -4.30. The third-order valence-corrected chi connectivity index (χ3v) is 3.63. The molecule has 3 rings (SSSR count). The second kappa shape index (κ2) is 7.27. The largest absolute Gasteiger partial charge is 0.390 e. The molecule has 126 valence electrons. The van der Waals surface area contributed by atoms with Gasteiger partial charge in [0.2, 0.25) is 0 Å². The number of alkyl halides is 3. The van der Waals surface area contributed by atoms with Gasteiger partial charge < -0.3 is 0 Å². The van der Waals surface area contributed by atoms with Crippen molar-refractivity contribution in [2.24, 2.45) is 0 Å². The molecule has 1 aromatic heterocycles. The first-order chi connectivity index (χ1) is 12.0. The third-order valence-electron chi connectivity index (χ3n) is 3.63. The Morgan fingerprint density at radius 1 is 0.960 bits per heavy atom. The Labute approximate surface area is 143 Å². The first-order valence-electron chi connectivity index (χ1n) is 7.74. The number of para-hydroxylation sites is 1. The number of aromatic nitrogens is 2. The summed E-state index contributed by atoms with van der Waals surface area (Å²) in [6, 6.07) is 18.2. The van der Waals surface area contributed by atoms with Crippen LogP contribution in [0, 0.1) is 11.8 Å². The van der Waals surface area contributed by atoms with Gasteiger partial charge in [-0.05, 0) is 24.3 Å². The molecule has 0 radical (unpaired) electrons. The molecule has 0 fully saturated rings. The minimum absolute atomic E-state index is 0.449. The van der Waals surface area contributed by atoms with Crippen molar-refractivity contribution in [2.75, 3.05) is 0 Å². The lowest BCUT2D eigenvalue weighted by Crippen LogP contribution is -2.12. The highest BCUT2D eigenvalue weighted by Gasteiger charge is 2.32. The first kappa shape index (κ1) is 16.8. The maximum atomic E-state index is 13.0. The number of halogens is 3. The SMILES string of the molecule is FC(F)(F)C[C@@H](C#Cc1ccccc1)c1cnn(-c2ccccc2)c1. The van der Waals surface area contributed by atoms with E-state index in [1.54, 1.807) is 35.1 Å². The van der Waals surface area contributed by atoms with Gasteiger partial charge in [0, 0.05) is 17.3 Å². The average Bonchev–Trinajstić information content (AvgIpc) is 3.09. The summed E-state index contributed by atoms with van der Waals surface area (Å²) in [6.07, 6.45) is -2.26. The summed E-state index contributed by atoms with van der Waals surface area (Å²) in [7, 11) is 0. The molecule has 1 atom stereocenters. The zero-order valence-electron chi connectivity index (χ0n) is 13.2. The Balaban J connectivity index is 1.90. The Bertz CT molecular complexity index is 872. The number of hydrogen-bond acceptors (Lipinski definition) is 1. The van der Waals surface area contributed by atoms with Crippen molar-refractivity contribution in [3.05, 3.63) is 84.2 Å². The highest BCUT2D eigenvalue weighted by Crippen LogP contribution is 2.31. The standard InChI is InChI=1S/C20H15F3N2/c21-20(22,23)13-17(12-11-16-7-3-1-4-8-16)18-14-24-25(15-18)19-9-5-2-6-10-19/h1-10,14-15,17H,13H2/t17-/m1/s1. The highest BCUT2D eigenvalue weighted by molar-refractivity contribution is 5.38. The molecule has 0 bridgehead atoms. The summed E-state index contributed by atoms with van der Waals surface area (Å²) in [5.74, 6) is 4.62. The summed E-state index contributed by atoms with van der Waals surface area (Å²) in [4.78, 5) is 0. The first-order valence-corrected chi connectivity index (χ1v) is 7.74. The fourth-order valence-electron chi connectivity index (χ4n) is 2.41. The van der Waals surface area contributed by atoms with Crippen LogP contribution in [0.1, 0.15) is 23.5 Å². The molecule has 0 N–H and O–H groups in total. The van der Waals surface area contributed by atoms with Crippen LogP contribution >= 0.6 is 0 Å². The molecular formula is C20H15F3N2. The lowest BCUT2D eigenvalue weighted by atomic mass is 9.98. The van der Waals surface area contributed by atoms with Crippen LogP contribution in [0.15, 0.2) is 73.1 Å². The van der Waals surface area contributed by atoms with Crippen LogP contribution in [-0.2, 0) is 0 Å². The van der Waals surface area contributed by atoms with Gasteiger partial charge in [-0.25, -0.2) is 4.68 Å². The Morgan fingerprint density at radius 2 is 1.60 bits per heavy atom. The molecule has 0 saturated carbocycles. The van der Waals surface area contributed by atoms with E-state index in [-0.39, 0.29) is 0 Å². The topological polar surface area (TPSA) is 17.8 Å². The van der Waals surface area contributed by atoms with E-state index in [0.29, 0.717) is 11.1 Å². The normalized spacial score (nSPS) is 12.3. The Kier molecular flexibility index (Phi) is 4.90. The molecule has 0 aliphatic rings. The fourth-order valence-corrected chi connectivity index (χ4v) is 2.41. The van der Waals surface area contributed by atoms with Crippen LogP contribution in [0.3, 0.4) is 0 Å². The maximum Gasteiger partial charge on any atom is 0.390 e. The van der Waals surface area contributed by atoms with Gasteiger partial charge in [-0.3, -0.25) is 0 Å². The van der Waals surface area contributed by atoms with Crippen molar-refractivity contribution >= 4 is 0 Å². The average molecular weight is 340 g/mol. The summed E-state index contributed by atoms with van der Waals surface area (Å²) in [6.45, 7) is 0. The molecule has 0 unspecified atom stereocenters. The van der Waals surface area contributed by atoms with Crippen molar-refractivity contribution in [2.45, 2.75) is 18.5 Å². The lowest BCUT2D eigenvalue weighted by Gasteiger charge is -2.11. The summed E-state index contributed by atoms with van der Waals surface area (Å²) >= 11 is 0. The second-order valence-corrected chi connectivity index (χ2v) is 5.56. The van der Waals surface area contributed by atoms with Crippen LogP contribution < -0.4 is 0 Å². The van der Waals surface area contributed by atoms with Crippen molar-refractivity contribution in [1.82, 2.24) is 9.78 Å². The van der Waals surface area contributed by atoms with E-state index < -0.39 is 18.5 Å². The zero-order chi connectivity index (χ0) is 17.7. The number of nitrogens with zero attached hydrogens (tertiary/aromatic N) is 2. The Hall–Kier alpha value is -3.00. The summed E-state index contributed by atoms with van der Waals surface area (Å²) in [5, 5.41) is 4.17. The van der Waals surface area contributed by atoms with E-state index >= 15 is 0 Å². The van der Waals surface area contributed by atoms with Crippen molar-refractivity contribution in [3.8, 4) is 17.5 Å². The molecular weight excluding hydrogens is 325 g/mol. The second-order valence-electron chi connectivity index (χ2n) is 5.56. The molecule has 0 saturated heterocycles. The predicted octanol–water partition coefficient (Wildman–Crippen LogP) is 4.96. The van der Waals surface area contributed by atoms with Crippen LogP contribution in [0.2, 0.25) is 0 Å². The predicted molar refractivity (Wildman–Crippen MR) is 90.3 cm³/mol. The molecule has 25 heavy (non-hydrogen) atoms. The molecule has 3 aromatic rings. The highest BCUT2D eigenvalue weighted by atomic mass is 19.4. The monoisotopic (exact) mass is 340 g/mol. The van der Waals surface area contributed by atoms with E-state index in [1.807, 2.05) is 36.4 Å². The van der Waals surface area contributed by atoms with Gasteiger partial charge in [-0.2, -0.15) is 18.3 Å². The number of benzene rings is 2. The summed E-state index contributed by atoms with van der Waals surface area (Å²) < 4.78 is 40.4. The minimum Gasteiger partial charge on any atom is -0.241 e. The van der Waals surface area contributed by atoms with Crippen LogP contribution in [0.4, 0.5) is 13.2 Å². The smallest absolute Gasteiger partial charge is 0.241 e. The van der Waals surface area contributed by atoms with Gasteiger partial charge >= 0.3 is 6.18 Å². The van der Waals surface area contributed by atoms with Crippen LogP contribution in [0.5, 0.6) is 0 Å². The lowest BCUT2D eigenvalue weighted by molar-refractivity contribution is -0.136. The molecule has 2 aromatic carbocycles. The van der Waals surface area contributed by atoms with E-state index in [2.05, 4.69) is 16.9 Å². The van der Waals surface area contributed by atoms with Gasteiger partial charge in [0.1, 0.15) is 0 Å². The molecule has 1 heterocycles. The fraction of sp³-hybridized carbons (Fsp3) is 0.150. The molecule has 0 aliphatic heterocycles. The van der Waals surface area contributed by atoms with E-state index in [9.17, 15) is 13.2 Å². The van der Waals surface area contributed by atoms with Gasteiger partial charge in [0.25, 0.3) is 0 Å².